The van der Waals surface area contributed by atoms with E-state index in [0.29, 0.717) is 0 Å². The Morgan fingerprint density at radius 3 is 2.38 bits per heavy atom. The standard InChI is InChI=1S/C10H13ClF2O3/c1-9(2)5(7(9)8(14)15)4-6(11)10(12,13)16-3/h4-5,7H,1-3H3,(H,14,15)/t5-,7+/m1/s1. The third kappa shape index (κ3) is 2.20. The minimum absolute atomic E-state index is 0.487. The Balaban J connectivity index is 2.84. The monoisotopic (exact) mass is 254 g/mol. The number of hydrogen-bond acceptors (Lipinski definition) is 2. The summed E-state index contributed by atoms with van der Waals surface area (Å²) in [5.74, 6) is -2.16. The predicted molar refractivity (Wildman–Crippen MR) is 54.3 cm³/mol. The van der Waals surface area contributed by atoms with Crippen LogP contribution in [0.5, 0.6) is 0 Å². The first kappa shape index (κ1) is 13.4. The lowest BCUT2D eigenvalue weighted by Crippen LogP contribution is -2.19. The average molecular weight is 255 g/mol. The lowest BCUT2D eigenvalue weighted by atomic mass is 10.1. The molecular weight excluding hydrogens is 242 g/mol. The topological polar surface area (TPSA) is 46.5 Å². The molecule has 3 nitrogen and oxygen atoms in total. The maximum atomic E-state index is 12.9. The zero-order valence-corrected chi connectivity index (χ0v) is 9.89. The molecule has 1 N–H and O–H groups in total. The van der Waals surface area contributed by atoms with E-state index in [4.69, 9.17) is 16.7 Å². The van der Waals surface area contributed by atoms with E-state index < -0.39 is 34.4 Å². The lowest BCUT2D eigenvalue weighted by Gasteiger charge is -2.12. The van der Waals surface area contributed by atoms with E-state index in [-0.39, 0.29) is 0 Å². The molecule has 0 aromatic rings. The molecule has 1 aliphatic carbocycles. The van der Waals surface area contributed by atoms with Crippen molar-refractivity contribution in [3.8, 4) is 0 Å². The molecule has 0 amide bonds. The Kier molecular flexibility index (Phi) is 3.32. The second-order valence-electron chi connectivity index (χ2n) is 4.40. The second-order valence-corrected chi connectivity index (χ2v) is 4.81. The maximum absolute atomic E-state index is 12.9. The fourth-order valence-corrected chi connectivity index (χ4v) is 2.03. The van der Waals surface area contributed by atoms with Gasteiger partial charge >= 0.3 is 12.1 Å². The first-order valence-corrected chi connectivity index (χ1v) is 5.06. The molecule has 0 bridgehead atoms. The summed E-state index contributed by atoms with van der Waals surface area (Å²) < 4.78 is 29.8. The molecule has 0 radical (unpaired) electrons. The number of allylic oxidation sites excluding steroid dienone is 1. The van der Waals surface area contributed by atoms with Gasteiger partial charge in [-0.05, 0) is 11.3 Å². The first-order chi connectivity index (χ1) is 7.14. The van der Waals surface area contributed by atoms with Crippen molar-refractivity contribution in [1.29, 1.82) is 0 Å². The zero-order valence-electron chi connectivity index (χ0n) is 9.13. The van der Waals surface area contributed by atoms with Crippen LogP contribution in [0.4, 0.5) is 8.78 Å². The van der Waals surface area contributed by atoms with E-state index >= 15 is 0 Å². The third-order valence-corrected chi connectivity index (χ3v) is 3.38. The summed E-state index contributed by atoms with van der Waals surface area (Å²) in [6.07, 6.45) is -2.48. The molecule has 0 spiro atoms. The highest BCUT2D eigenvalue weighted by Gasteiger charge is 2.61. The molecule has 0 unspecified atom stereocenters. The van der Waals surface area contributed by atoms with Crippen LogP contribution in [0.25, 0.3) is 0 Å². The SMILES string of the molecule is COC(F)(F)C(Cl)=C[C@@H]1[C@@H](C(=O)O)C1(C)C. The van der Waals surface area contributed by atoms with Gasteiger partial charge < -0.3 is 9.84 Å². The molecule has 1 fully saturated rings. The number of carboxylic acid groups (broad SMARTS) is 1. The summed E-state index contributed by atoms with van der Waals surface area (Å²) in [6.45, 7) is 3.39. The third-order valence-electron chi connectivity index (χ3n) is 3.04. The summed E-state index contributed by atoms with van der Waals surface area (Å²) in [5, 5.41) is 8.07. The van der Waals surface area contributed by atoms with Gasteiger partial charge in [0.2, 0.25) is 0 Å². The Morgan fingerprint density at radius 2 is 2.06 bits per heavy atom. The van der Waals surface area contributed by atoms with Crippen LogP contribution in [-0.2, 0) is 9.53 Å². The number of rotatable bonds is 4. The smallest absolute Gasteiger partial charge is 0.393 e. The van der Waals surface area contributed by atoms with E-state index in [1.807, 2.05) is 0 Å². The van der Waals surface area contributed by atoms with Crippen LogP contribution in [0.1, 0.15) is 13.8 Å². The molecule has 16 heavy (non-hydrogen) atoms. The van der Waals surface area contributed by atoms with Crippen molar-refractivity contribution < 1.29 is 23.4 Å². The normalized spacial score (nSPS) is 29.0. The van der Waals surface area contributed by atoms with E-state index in [1.54, 1.807) is 13.8 Å². The van der Waals surface area contributed by atoms with E-state index in [9.17, 15) is 13.6 Å². The highest BCUT2D eigenvalue weighted by atomic mass is 35.5. The number of hydrogen-bond donors (Lipinski definition) is 1. The largest absolute Gasteiger partial charge is 0.481 e. The minimum atomic E-state index is -3.55. The zero-order chi connectivity index (χ0) is 12.7. The van der Waals surface area contributed by atoms with Crippen molar-refractivity contribution in [2.75, 3.05) is 7.11 Å². The van der Waals surface area contributed by atoms with Crippen LogP contribution in [0.2, 0.25) is 0 Å². The Labute approximate surface area is 97.0 Å². The fraction of sp³-hybridized carbons (Fsp3) is 0.700. The van der Waals surface area contributed by atoms with Gasteiger partial charge in [0.1, 0.15) is 5.03 Å². The van der Waals surface area contributed by atoms with Gasteiger partial charge in [0.05, 0.1) is 5.92 Å². The number of alkyl halides is 2. The summed E-state index contributed by atoms with van der Waals surface area (Å²) in [7, 11) is 0.836. The maximum Gasteiger partial charge on any atom is 0.393 e. The van der Waals surface area contributed by atoms with Gasteiger partial charge in [0.25, 0.3) is 0 Å². The van der Waals surface area contributed by atoms with Gasteiger partial charge in [-0.3, -0.25) is 4.79 Å². The second kappa shape index (κ2) is 3.96. The fourth-order valence-electron chi connectivity index (χ4n) is 1.81. The molecule has 1 saturated carbocycles. The van der Waals surface area contributed by atoms with Crippen LogP contribution in [-0.4, -0.2) is 24.3 Å². The summed E-state index contributed by atoms with van der Waals surface area (Å²) in [5.41, 5.74) is -0.546. The van der Waals surface area contributed by atoms with Crippen molar-refractivity contribution in [1.82, 2.24) is 0 Å². The quantitative estimate of drug-likeness (QED) is 0.839. The number of ether oxygens (including phenoxy) is 1. The number of methoxy groups -OCH3 is 1. The molecule has 0 saturated heterocycles. The number of carbonyl (C=O) groups is 1. The molecule has 6 heteroatoms. The van der Waals surface area contributed by atoms with E-state index in [0.717, 1.165) is 13.2 Å². The van der Waals surface area contributed by atoms with Crippen LogP contribution < -0.4 is 0 Å². The number of carboxylic acids is 1. The van der Waals surface area contributed by atoms with Crippen molar-refractivity contribution in [2.45, 2.75) is 20.0 Å². The molecule has 1 aliphatic rings. The van der Waals surface area contributed by atoms with Crippen molar-refractivity contribution >= 4 is 17.6 Å². The Bertz CT molecular complexity index is 339. The van der Waals surface area contributed by atoms with Gasteiger partial charge in [-0.15, -0.1) is 0 Å². The van der Waals surface area contributed by atoms with Crippen LogP contribution in [0, 0.1) is 17.3 Å². The molecule has 0 aromatic heterocycles. The first-order valence-electron chi connectivity index (χ1n) is 4.68. The Hall–Kier alpha value is -0.680. The minimum Gasteiger partial charge on any atom is -0.481 e. The van der Waals surface area contributed by atoms with Gasteiger partial charge in [-0.1, -0.05) is 31.5 Å². The molecule has 0 aromatic carbocycles. The van der Waals surface area contributed by atoms with Crippen molar-refractivity contribution in [3.05, 3.63) is 11.1 Å². The lowest BCUT2D eigenvalue weighted by molar-refractivity contribution is -0.184. The summed E-state index contributed by atoms with van der Waals surface area (Å²) in [4.78, 5) is 10.8. The number of halogens is 3. The molecule has 2 atom stereocenters. The molecule has 0 aliphatic heterocycles. The van der Waals surface area contributed by atoms with E-state index in [1.165, 1.54) is 0 Å². The van der Waals surface area contributed by atoms with Gasteiger partial charge in [-0.25, -0.2) is 0 Å². The molecule has 92 valence electrons. The number of aliphatic carboxylic acids is 1. The van der Waals surface area contributed by atoms with Gasteiger partial charge in [-0.2, -0.15) is 8.78 Å². The molecular formula is C10H13ClF2O3. The van der Waals surface area contributed by atoms with E-state index in [2.05, 4.69) is 4.74 Å². The molecule has 0 heterocycles. The van der Waals surface area contributed by atoms with Gasteiger partial charge in [0, 0.05) is 7.11 Å². The predicted octanol–water partition coefficient (Wildman–Crippen LogP) is 2.71. The van der Waals surface area contributed by atoms with Crippen molar-refractivity contribution in [2.24, 2.45) is 17.3 Å². The van der Waals surface area contributed by atoms with Crippen molar-refractivity contribution in [3.63, 3.8) is 0 Å². The highest BCUT2D eigenvalue weighted by molar-refractivity contribution is 6.30. The highest BCUT2D eigenvalue weighted by Crippen LogP contribution is 2.60. The Morgan fingerprint density at radius 1 is 1.56 bits per heavy atom. The van der Waals surface area contributed by atoms with Crippen LogP contribution in [0.15, 0.2) is 11.1 Å². The van der Waals surface area contributed by atoms with Crippen LogP contribution in [0.3, 0.4) is 0 Å². The van der Waals surface area contributed by atoms with Crippen LogP contribution >= 0.6 is 11.6 Å². The molecule has 1 rings (SSSR count). The van der Waals surface area contributed by atoms with Gasteiger partial charge in [0.15, 0.2) is 0 Å². The summed E-state index contributed by atoms with van der Waals surface area (Å²) in [6, 6.07) is 0. The summed E-state index contributed by atoms with van der Waals surface area (Å²) >= 11 is 5.40. The average Bonchev–Trinajstić information content (AvgIpc) is 2.68.